The third-order valence-corrected chi connectivity index (χ3v) is 3.99. The number of rotatable bonds is 2. The first-order valence-electron chi connectivity index (χ1n) is 5.59. The van der Waals surface area contributed by atoms with Gasteiger partial charge in [0.25, 0.3) is 0 Å². The summed E-state index contributed by atoms with van der Waals surface area (Å²) in [7, 11) is 0. The number of aliphatic hydroxyl groups is 1. The molecular weight excluding hydrogens is 160 g/mol. The predicted octanol–water partition coefficient (Wildman–Crippen LogP) is 2.75. The second-order valence-electron chi connectivity index (χ2n) is 4.65. The molecule has 4 unspecified atom stereocenters. The molecule has 74 valence electrons. The number of hydrogen-bond acceptors (Lipinski definition) is 1. The van der Waals surface area contributed by atoms with Crippen LogP contribution in [-0.4, -0.2) is 11.2 Å². The van der Waals surface area contributed by atoms with Crippen LogP contribution < -0.4 is 0 Å². The molecule has 2 bridgehead atoms. The minimum absolute atomic E-state index is 0.0507. The Kier molecular flexibility index (Phi) is 2.46. The van der Waals surface area contributed by atoms with Crippen molar-refractivity contribution in [1.29, 1.82) is 0 Å². The first kappa shape index (κ1) is 9.26. The van der Waals surface area contributed by atoms with Gasteiger partial charge in [-0.1, -0.05) is 18.6 Å². The van der Waals surface area contributed by atoms with Crippen molar-refractivity contribution in [1.82, 2.24) is 0 Å². The molecule has 2 rings (SSSR count). The fourth-order valence-corrected chi connectivity index (χ4v) is 3.32. The molecule has 2 fully saturated rings. The predicted molar refractivity (Wildman–Crippen MR) is 54.4 cm³/mol. The molecule has 2 aliphatic carbocycles. The smallest absolute Gasteiger partial charge is 0.0571 e. The molecule has 0 aliphatic heterocycles. The number of hydrogen-bond donors (Lipinski definition) is 1. The molecule has 0 aromatic heterocycles. The fourth-order valence-electron chi connectivity index (χ4n) is 3.32. The number of fused-ring (bicyclic) bond motifs is 2. The van der Waals surface area contributed by atoms with Crippen molar-refractivity contribution in [2.24, 2.45) is 17.8 Å². The minimum atomic E-state index is -0.0507. The molecule has 2 aliphatic rings. The molecule has 0 aromatic carbocycles. The van der Waals surface area contributed by atoms with Crippen LogP contribution >= 0.6 is 0 Å². The average Bonchev–Trinajstić information content (AvgIpc) is 2.74. The zero-order chi connectivity index (χ0) is 9.42. The first-order valence-corrected chi connectivity index (χ1v) is 5.59. The lowest BCUT2D eigenvalue weighted by Crippen LogP contribution is -2.25. The molecule has 4 atom stereocenters. The Morgan fingerprint density at radius 1 is 1.54 bits per heavy atom. The van der Waals surface area contributed by atoms with Gasteiger partial charge in [0.05, 0.1) is 6.10 Å². The topological polar surface area (TPSA) is 20.2 Å². The van der Waals surface area contributed by atoms with Crippen LogP contribution in [0.15, 0.2) is 11.6 Å². The summed E-state index contributed by atoms with van der Waals surface area (Å²) in [6, 6.07) is 0. The Morgan fingerprint density at radius 3 is 2.85 bits per heavy atom. The highest BCUT2D eigenvalue weighted by Crippen LogP contribution is 2.52. The molecule has 1 heteroatoms. The SMILES string of the molecule is C/C=C1\CC2CC1C(C(O)CC)C2. The van der Waals surface area contributed by atoms with Gasteiger partial charge in [0.15, 0.2) is 0 Å². The molecule has 2 saturated carbocycles. The minimum Gasteiger partial charge on any atom is -0.393 e. The van der Waals surface area contributed by atoms with Crippen LogP contribution in [0.2, 0.25) is 0 Å². The van der Waals surface area contributed by atoms with Crippen molar-refractivity contribution in [3.05, 3.63) is 11.6 Å². The van der Waals surface area contributed by atoms with Crippen LogP contribution in [0.4, 0.5) is 0 Å². The molecule has 0 amide bonds. The summed E-state index contributed by atoms with van der Waals surface area (Å²) in [5, 5.41) is 9.87. The maximum atomic E-state index is 9.87. The highest BCUT2D eigenvalue weighted by atomic mass is 16.3. The Morgan fingerprint density at radius 2 is 2.31 bits per heavy atom. The summed E-state index contributed by atoms with van der Waals surface area (Å²) in [5.41, 5.74) is 1.62. The molecule has 0 spiro atoms. The maximum absolute atomic E-state index is 9.87. The van der Waals surface area contributed by atoms with E-state index in [9.17, 15) is 5.11 Å². The quantitative estimate of drug-likeness (QED) is 0.648. The molecule has 0 aromatic rings. The van der Waals surface area contributed by atoms with E-state index in [1.54, 1.807) is 5.57 Å². The van der Waals surface area contributed by atoms with E-state index in [0.29, 0.717) is 5.92 Å². The van der Waals surface area contributed by atoms with E-state index in [1.807, 2.05) is 0 Å². The highest BCUT2D eigenvalue weighted by Gasteiger charge is 2.44. The zero-order valence-electron chi connectivity index (χ0n) is 8.66. The zero-order valence-corrected chi connectivity index (χ0v) is 8.66. The molecule has 0 radical (unpaired) electrons. The van der Waals surface area contributed by atoms with Crippen LogP contribution in [0.1, 0.15) is 39.5 Å². The van der Waals surface area contributed by atoms with Gasteiger partial charge in [-0.15, -0.1) is 0 Å². The largest absolute Gasteiger partial charge is 0.393 e. The maximum Gasteiger partial charge on any atom is 0.0571 e. The van der Waals surface area contributed by atoms with Gasteiger partial charge in [-0.3, -0.25) is 0 Å². The molecule has 1 nitrogen and oxygen atoms in total. The molecular formula is C12H20O. The van der Waals surface area contributed by atoms with E-state index in [1.165, 1.54) is 19.3 Å². The van der Waals surface area contributed by atoms with E-state index in [4.69, 9.17) is 0 Å². The third kappa shape index (κ3) is 1.43. The van der Waals surface area contributed by atoms with Crippen LogP contribution in [0.5, 0.6) is 0 Å². The van der Waals surface area contributed by atoms with E-state index in [0.717, 1.165) is 18.3 Å². The fraction of sp³-hybridized carbons (Fsp3) is 0.833. The summed E-state index contributed by atoms with van der Waals surface area (Å²) in [5.74, 6) is 2.20. The van der Waals surface area contributed by atoms with E-state index >= 15 is 0 Å². The number of allylic oxidation sites excluding steroid dienone is 2. The van der Waals surface area contributed by atoms with E-state index in [-0.39, 0.29) is 6.10 Å². The van der Waals surface area contributed by atoms with Gasteiger partial charge in [0.2, 0.25) is 0 Å². The van der Waals surface area contributed by atoms with Gasteiger partial charge in [-0.25, -0.2) is 0 Å². The van der Waals surface area contributed by atoms with Crippen molar-refractivity contribution in [3.63, 3.8) is 0 Å². The van der Waals surface area contributed by atoms with Crippen molar-refractivity contribution >= 4 is 0 Å². The Bertz CT molecular complexity index is 219. The summed E-state index contributed by atoms with van der Waals surface area (Å²) in [6.07, 6.45) is 7.08. The standard InChI is InChI=1S/C12H20O/c1-3-9-5-8-6-10(9)11(7-8)12(13)4-2/h3,8,10-13H,4-7H2,1-2H3/b9-3+. The molecule has 0 saturated heterocycles. The van der Waals surface area contributed by atoms with Crippen LogP contribution in [-0.2, 0) is 0 Å². The van der Waals surface area contributed by atoms with Crippen LogP contribution in [0, 0.1) is 17.8 Å². The van der Waals surface area contributed by atoms with Gasteiger partial charge >= 0.3 is 0 Å². The van der Waals surface area contributed by atoms with Gasteiger partial charge in [-0.05, 0) is 50.4 Å². The highest BCUT2D eigenvalue weighted by molar-refractivity contribution is 5.18. The van der Waals surface area contributed by atoms with Crippen molar-refractivity contribution < 1.29 is 5.11 Å². The normalized spacial score (nSPS) is 43.0. The van der Waals surface area contributed by atoms with E-state index < -0.39 is 0 Å². The van der Waals surface area contributed by atoms with Crippen molar-refractivity contribution in [3.8, 4) is 0 Å². The first-order chi connectivity index (χ1) is 6.26. The second-order valence-corrected chi connectivity index (χ2v) is 4.65. The summed E-state index contributed by atoms with van der Waals surface area (Å²) in [6.45, 7) is 4.23. The van der Waals surface area contributed by atoms with E-state index in [2.05, 4.69) is 19.9 Å². The third-order valence-electron chi connectivity index (χ3n) is 3.99. The van der Waals surface area contributed by atoms with Crippen LogP contribution in [0.3, 0.4) is 0 Å². The van der Waals surface area contributed by atoms with Crippen molar-refractivity contribution in [2.45, 2.75) is 45.6 Å². The summed E-state index contributed by atoms with van der Waals surface area (Å²) in [4.78, 5) is 0. The van der Waals surface area contributed by atoms with Crippen molar-refractivity contribution in [2.75, 3.05) is 0 Å². The van der Waals surface area contributed by atoms with Crippen LogP contribution in [0.25, 0.3) is 0 Å². The summed E-state index contributed by atoms with van der Waals surface area (Å²) >= 11 is 0. The van der Waals surface area contributed by atoms with Gasteiger partial charge in [0.1, 0.15) is 0 Å². The Labute approximate surface area is 80.8 Å². The lowest BCUT2D eigenvalue weighted by Gasteiger charge is -2.28. The monoisotopic (exact) mass is 180 g/mol. The van der Waals surface area contributed by atoms with Gasteiger partial charge in [-0.2, -0.15) is 0 Å². The lowest BCUT2D eigenvalue weighted by atomic mass is 9.80. The lowest BCUT2D eigenvalue weighted by molar-refractivity contribution is 0.0834. The Hall–Kier alpha value is -0.300. The molecule has 1 N–H and O–H groups in total. The number of aliphatic hydroxyl groups excluding tert-OH is 1. The molecule has 0 heterocycles. The summed E-state index contributed by atoms with van der Waals surface area (Å²) < 4.78 is 0. The second kappa shape index (κ2) is 3.45. The average molecular weight is 180 g/mol. The Balaban J connectivity index is 2.10. The van der Waals surface area contributed by atoms with Gasteiger partial charge in [0, 0.05) is 0 Å². The molecule has 13 heavy (non-hydrogen) atoms. The van der Waals surface area contributed by atoms with Gasteiger partial charge < -0.3 is 5.11 Å².